The smallest absolute Gasteiger partial charge is 0.219 e. The van der Waals surface area contributed by atoms with Gasteiger partial charge in [0.1, 0.15) is 5.65 Å². The van der Waals surface area contributed by atoms with Crippen molar-refractivity contribution in [2.24, 2.45) is 0 Å². The average Bonchev–Trinajstić information content (AvgIpc) is 3.50. The third-order valence-electron chi connectivity index (χ3n) is 5.96. The van der Waals surface area contributed by atoms with Crippen molar-refractivity contribution >= 4 is 22.6 Å². The van der Waals surface area contributed by atoms with Gasteiger partial charge < -0.3 is 14.3 Å². The maximum absolute atomic E-state index is 11.7. The monoisotopic (exact) mass is 411 g/mol. The maximum Gasteiger partial charge on any atom is 0.219 e. The number of nitrogens with one attached hydrogen (secondary N) is 1. The molecule has 8 heteroatoms. The van der Waals surface area contributed by atoms with E-state index in [1.54, 1.807) is 6.92 Å². The Morgan fingerprint density at radius 2 is 2.10 bits per heavy atom. The van der Waals surface area contributed by atoms with Crippen LogP contribution in [-0.2, 0) is 24.3 Å². The molecule has 0 spiro atoms. The molecule has 31 heavy (non-hydrogen) atoms. The number of hydrogen-bond acceptors (Lipinski definition) is 4. The number of amides is 1. The van der Waals surface area contributed by atoms with Crippen molar-refractivity contribution in [2.75, 3.05) is 6.54 Å². The summed E-state index contributed by atoms with van der Waals surface area (Å²) in [6, 6.07) is 8.37. The molecule has 0 atom stereocenters. The molecule has 5 aromatic heterocycles. The van der Waals surface area contributed by atoms with Gasteiger partial charge in [0.2, 0.25) is 5.91 Å². The summed E-state index contributed by atoms with van der Waals surface area (Å²) in [4.78, 5) is 26.0. The first-order valence-corrected chi connectivity index (χ1v) is 10.3. The lowest BCUT2D eigenvalue weighted by molar-refractivity contribution is -0.130. The highest BCUT2D eigenvalue weighted by Crippen LogP contribution is 2.26. The fourth-order valence-electron chi connectivity index (χ4n) is 4.36. The summed E-state index contributed by atoms with van der Waals surface area (Å²) in [5, 5.41) is 4.79. The molecule has 0 fully saturated rings. The first-order chi connectivity index (χ1) is 15.1. The molecular formula is C23H21N7O. The number of fused-ring (bicyclic) bond motifs is 3. The Kier molecular flexibility index (Phi) is 3.92. The van der Waals surface area contributed by atoms with E-state index in [1.165, 1.54) is 0 Å². The lowest BCUT2D eigenvalue weighted by Crippen LogP contribution is -2.36. The van der Waals surface area contributed by atoms with E-state index >= 15 is 0 Å². The minimum Gasteiger partial charge on any atom is -0.360 e. The second-order valence-corrected chi connectivity index (χ2v) is 8.01. The van der Waals surface area contributed by atoms with E-state index in [0.717, 1.165) is 51.3 Å². The highest BCUT2D eigenvalue weighted by atomic mass is 16.2. The number of pyridine rings is 2. The van der Waals surface area contributed by atoms with E-state index in [4.69, 9.17) is 5.10 Å². The van der Waals surface area contributed by atoms with Crippen LogP contribution in [0.25, 0.3) is 27.8 Å². The van der Waals surface area contributed by atoms with Gasteiger partial charge in [-0.1, -0.05) is 0 Å². The first kappa shape index (κ1) is 17.9. The number of H-pyrrole nitrogens is 1. The van der Waals surface area contributed by atoms with Crippen molar-refractivity contribution in [3.05, 3.63) is 72.2 Å². The number of aromatic amines is 1. The number of carbonyl (C=O) groups excluding carboxylic acids is 1. The van der Waals surface area contributed by atoms with E-state index in [-0.39, 0.29) is 5.91 Å². The van der Waals surface area contributed by atoms with E-state index in [0.29, 0.717) is 19.5 Å². The van der Waals surface area contributed by atoms with E-state index in [1.807, 2.05) is 40.4 Å². The van der Waals surface area contributed by atoms with Crippen LogP contribution in [0.5, 0.6) is 0 Å². The minimum atomic E-state index is 0.105. The SMILES string of the molecule is CC(=O)N1CCn2nc(Cc3cc(-c4cnc5cc[nH]c5c4)cn4ccnc34)cc2C1. The van der Waals surface area contributed by atoms with Crippen molar-refractivity contribution in [3.8, 4) is 11.1 Å². The predicted molar refractivity (Wildman–Crippen MR) is 116 cm³/mol. The molecule has 0 radical (unpaired) electrons. The van der Waals surface area contributed by atoms with Gasteiger partial charge in [0.05, 0.1) is 35.5 Å². The third-order valence-corrected chi connectivity index (χ3v) is 5.96. The normalized spacial score (nSPS) is 13.8. The molecule has 1 aliphatic heterocycles. The van der Waals surface area contributed by atoms with Crippen molar-refractivity contribution in [1.29, 1.82) is 0 Å². The van der Waals surface area contributed by atoms with Gasteiger partial charge >= 0.3 is 0 Å². The summed E-state index contributed by atoms with van der Waals surface area (Å²) in [7, 11) is 0. The Balaban J connectivity index is 1.38. The fraction of sp³-hybridized carbons (Fsp3) is 0.217. The molecule has 0 unspecified atom stereocenters. The molecule has 0 bridgehead atoms. The molecule has 8 nitrogen and oxygen atoms in total. The number of imidazole rings is 1. The Bertz CT molecular complexity index is 1440. The van der Waals surface area contributed by atoms with E-state index in [9.17, 15) is 4.79 Å². The molecule has 1 amide bonds. The van der Waals surface area contributed by atoms with Gasteiger partial charge in [-0.25, -0.2) is 4.98 Å². The van der Waals surface area contributed by atoms with Gasteiger partial charge in [-0.05, 0) is 24.3 Å². The molecule has 1 aliphatic rings. The summed E-state index contributed by atoms with van der Waals surface area (Å²) in [6.45, 7) is 3.67. The summed E-state index contributed by atoms with van der Waals surface area (Å²) >= 11 is 0. The second-order valence-electron chi connectivity index (χ2n) is 8.01. The highest BCUT2D eigenvalue weighted by Gasteiger charge is 2.20. The predicted octanol–water partition coefficient (Wildman–Crippen LogP) is 3.03. The van der Waals surface area contributed by atoms with Crippen molar-refractivity contribution in [3.63, 3.8) is 0 Å². The molecule has 6 heterocycles. The molecule has 0 saturated carbocycles. The molecule has 6 rings (SSSR count). The zero-order chi connectivity index (χ0) is 20.9. The van der Waals surface area contributed by atoms with Crippen LogP contribution in [0, 0.1) is 0 Å². The minimum absolute atomic E-state index is 0.105. The lowest BCUT2D eigenvalue weighted by Gasteiger charge is -2.26. The summed E-state index contributed by atoms with van der Waals surface area (Å²) < 4.78 is 4.07. The van der Waals surface area contributed by atoms with Gasteiger partial charge in [-0.2, -0.15) is 5.10 Å². The number of carbonyl (C=O) groups is 1. The van der Waals surface area contributed by atoms with Gasteiger partial charge in [-0.15, -0.1) is 0 Å². The number of rotatable bonds is 3. The first-order valence-electron chi connectivity index (χ1n) is 10.3. The van der Waals surface area contributed by atoms with Crippen LogP contribution in [-0.4, -0.2) is 46.5 Å². The average molecular weight is 411 g/mol. The van der Waals surface area contributed by atoms with Gasteiger partial charge in [0.25, 0.3) is 0 Å². The highest BCUT2D eigenvalue weighted by molar-refractivity contribution is 5.81. The fourth-order valence-corrected chi connectivity index (χ4v) is 4.36. The molecule has 5 aromatic rings. The number of hydrogen-bond donors (Lipinski definition) is 1. The van der Waals surface area contributed by atoms with Crippen LogP contribution in [0.4, 0.5) is 0 Å². The molecular weight excluding hydrogens is 390 g/mol. The molecule has 154 valence electrons. The standard InChI is InChI=1S/C23H21N7O/c1-15(31)28-6-7-30-20(14-28)11-19(27-30)9-16-8-18(13-29-5-4-25-23(16)29)17-10-22-21(26-12-17)2-3-24-22/h2-5,8,10-13,24H,6-7,9,14H2,1H3. The molecule has 1 N–H and O–H groups in total. The van der Waals surface area contributed by atoms with Crippen molar-refractivity contribution in [2.45, 2.75) is 26.4 Å². The van der Waals surface area contributed by atoms with Crippen LogP contribution in [0.3, 0.4) is 0 Å². The van der Waals surface area contributed by atoms with Gasteiger partial charge in [-0.3, -0.25) is 14.5 Å². The van der Waals surface area contributed by atoms with Crippen LogP contribution in [0.1, 0.15) is 23.9 Å². The van der Waals surface area contributed by atoms with Crippen LogP contribution >= 0.6 is 0 Å². The van der Waals surface area contributed by atoms with E-state index < -0.39 is 0 Å². The van der Waals surface area contributed by atoms with E-state index in [2.05, 4.69) is 43.7 Å². The van der Waals surface area contributed by atoms with Gasteiger partial charge in [0, 0.05) is 67.6 Å². The lowest BCUT2D eigenvalue weighted by atomic mass is 10.0. The molecule has 0 saturated heterocycles. The van der Waals surface area contributed by atoms with Crippen LogP contribution in [0.2, 0.25) is 0 Å². The Morgan fingerprint density at radius 3 is 3.00 bits per heavy atom. The quantitative estimate of drug-likeness (QED) is 0.495. The molecule has 0 aliphatic carbocycles. The number of nitrogens with zero attached hydrogens (tertiary/aromatic N) is 6. The zero-order valence-corrected chi connectivity index (χ0v) is 17.1. The molecule has 0 aromatic carbocycles. The van der Waals surface area contributed by atoms with Gasteiger partial charge in [0.15, 0.2) is 0 Å². The summed E-state index contributed by atoms with van der Waals surface area (Å²) in [6.07, 6.45) is 10.3. The Morgan fingerprint density at radius 1 is 1.16 bits per heavy atom. The third kappa shape index (κ3) is 3.07. The number of aromatic nitrogens is 6. The second kappa shape index (κ2) is 6.80. The van der Waals surface area contributed by atoms with Crippen LogP contribution in [0.15, 0.2) is 55.2 Å². The topological polar surface area (TPSA) is 84.1 Å². The van der Waals surface area contributed by atoms with Crippen molar-refractivity contribution in [1.82, 2.24) is 34.0 Å². The Hall–Kier alpha value is -3.94. The summed E-state index contributed by atoms with van der Waals surface area (Å²) in [5.74, 6) is 0.105. The summed E-state index contributed by atoms with van der Waals surface area (Å²) in [5.41, 5.74) is 8.19. The maximum atomic E-state index is 11.7. The Labute approximate surface area is 178 Å². The van der Waals surface area contributed by atoms with Crippen molar-refractivity contribution < 1.29 is 4.79 Å². The largest absolute Gasteiger partial charge is 0.360 e. The zero-order valence-electron chi connectivity index (χ0n) is 17.1. The van der Waals surface area contributed by atoms with Crippen LogP contribution < -0.4 is 0 Å².